The molecule has 0 atom stereocenters. The van der Waals surface area contributed by atoms with Crippen LogP contribution in [0.15, 0.2) is 277 Å². The molecule has 398 valence electrons. The lowest BCUT2D eigenvalue weighted by atomic mass is 9.67. The van der Waals surface area contributed by atoms with E-state index in [0.717, 1.165) is 104 Å². The molecule has 1 aliphatic carbocycles. The molecular weight excluding hydrogens is 1040 g/mol. The van der Waals surface area contributed by atoms with E-state index in [1.165, 1.54) is 5.56 Å². The molecule has 0 amide bonds. The molecule has 14 aromatic rings. The van der Waals surface area contributed by atoms with E-state index in [1.54, 1.807) is 23.5 Å². The normalized spacial score (nSPS) is 12.7. The van der Waals surface area contributed by atoms with Crippen molar-refractivity contribution in [2.24, 2.45) is 0 Å². The number of halogens is 2. The standard InChI is InChI=1S/C77H54F2N2OS/c1-76(2,3)53-39-41-57(42-40-53)80(64-43-37-51(45-62(64)78)49-23-9-4-10-24-49)66-47-61-73(75-70(66)59-34-20-22-36-69(59)83-75)72-60(77(61,54-27-13-6-14-28-54)55-29-15-7-16-30-55)48-67(74-71(72)58-33-19-21-35-68(58)82-74)81(56-31-17-8-18-32-56)65-44-38-52(46-63(65)79)50-25-11-5-12-26-50/h4-48H,1-3H3. The van der Waals surface area contributed by atoms with Crippen LogP contribution in [0.25, 0.3) is 75.5 Å². The fraction of sp³-hybridized carbons (Fsp3) is 0.0649. The highest BCUT2D eigenvalue weighted by molar-refractivity contribution is 7.26. The predicted molar refractivity (Wildman–Crippen MR) is 343 cm³/mol. The van der Waals surface area contributed by atoms with Crippen molar-refractivity contribution in [3.8, 4) is 33.4 Å². The summed E-state index contributed by atoms with van der Waals surface area (Å²) in [4.78, 5) is 4.18. The van der Waals surface area contributed by atoms with Gasteiger partial charge in [0, 0.05) is 53.4 Å². The van der Waals surface area contributed by atoms with Crippen molar-refractivity contribution in [3.05, 3.63) is 312 Å². The SMILES string of the molecule is CC(C)(C)c1ccc(N(c2ccc(-c3ccccc3)cc2F)c2cc3c(c4sc5ccccc5c24)-c2c(cc(N(c4ccccc4)c4ccc(-c5ccccc5)cc4F)c4oc5ccccc5c24)C3(c2ccccc2)c2ccccc2)cc1. The van der Waals surface area contributed by atoms with Crippen molar-refractivity contribution < 1.29 is 13.2 Å². The van der Waals surface area contributed by atoms with Gasteiger partial charge in [0.1, 0.15) is 17.2 Å². The lowest BCUT2D eigenvalue weighted by Crippen LogP contribution is -2.29. The van der Waals surface area contributed by atoms with E-state index in [2.05, 4.69) is 159 Å². The second kappa shape index (κ2) is 19.7. The summed E-state index contributed by atoms with van der Waals surface area (Å²) in [5, 5.41) is 3.94. The van der Waals surface area contributed by atoms with Gasteiger partial charge in [-0.3, -0.25) is 0 Å². The molecule has 83 heavy (non-hydrogen) atoms. The van der Waals surface area contributed by atoms with Crippen LogP contribution in [0.5, 0.6) is 0 Å². The van der Waals surface area contributed by atoms with E-state index < -0.39 is 5.41 Å². The number of furan rings is 1. The molecule has 15 rings (SSSR count). The Kier molecular flexibility index (Phi) is 11.9. The second-order valence-electron chi connectivity index (χ2n) is 22.6. The molecule has 0 unspecified atom stereocenters. The monoisotopic (exact) mass is 1090 g/mol. The van der Waals surface area contributed by atoms with Gasteiger partial charge in [-0.1, -0.05) is 221 Å². The third-order valence-electron chi connectivity index (χ3n) is 16.8. The summed E-state index contributed by atoms with van der Waals surface area (Å²) in [6, 6.07) is 92.9. The summed E-state index contributed by atoms with van der Waals surface area (Å²) in [5.41, 5.74) is 15.0. The minimum Gasteiger partial charge on any atom is -0.454 e. The molecule has 6 heteroatoms. The van der Waals surface area contributed by atoms with Gasteiger partial charge in [0.25, 0.3) is 0 Å². The van der Waals surface area contributed by atoms with Crippen molar-refractivity contribution in [1.29, 1.82) is 0 Å². The van der Waals surface area contributed by atoms with Crippen molar-refractivity contribution in [3.63, 3.8) is 0 Å². The highest BCUT2D eigenvalue weighted by atomic mass is 32.1. The number of rotatable bonds is 10. The molecule has 0 aliphatic heterocycles. The number of hydrogen-bond donors (Lipinski definition) is 0. The molecule has 0 fully saturated rings. The van der Waals surface area contributed by atoms with Gasteiger partial charge in [-0.2, -0.15) is 0 Å². The van der Waals surface area contributed by atoms with Crippen LogP contribution < -0.4 is 9.80 Å². The summed E-state index contributed by atoms with van der Waals surface area (Å²) in [6.45, 7) is 6.66. The Morgan fingerprint density at radius 2 is 0.867 bits per heavy atom. The average molecular weight is 1090 g/mol. The van der Waals surface area contributed by atoms with Crippen LogP contribution in [-0.2, 0) is 10.8 Å². The summed E-state index contributed by atoms with van der Waals surface area (Å²) in [7, 11) is 0. The molecular formula is C77H54F2N2OS. The van der Waals surface area contributed by atoms with Gasteiger partial charge in [0.15, 0.2) is 5.58 Å². The van der Waals surface area contributed by atoms with Crippen molar-refractivity contribution >= 4 is 87.6 Å². The van der Waals surface area contributed by atoms with Crippen LogP contribution in [0.3, 0.4) is 0 Å². The second-order valence-corrected chi connectivity index (χ2v) is 23.6. The molecule has 2 heterocycles. The highest BCUT2D eigenvalue weighted by Gasteiger charge is 2.50. The van der Waals surface area contributed by atoms with Crippen LogP contribution in [0.1, 0.15) is 48.6 Å². The number of fused-ring (bicyclic) bond motifs is 11. The topological polar surface area (TPSA) is 19.6 Å². The Labute approximate surface area is 485 Å². The molecule has 0 bridgehead atoms. The zero-order chi connectivity index (χ0) is 56.0. The number of benzene rings is 12. The van der Waals surface area contributed by atoms with Crippen molar-refractivity contribution in [1.82, 2.24) is 0 Å². The molecule has 0 N–H and O–H groups in total. The fourth-order valence-corrected chi connectivity index (χ4v) is 14.3. The first-order chi connectivity index (χ1) is 40.6. The minimum atomic E-state index is -1.02. The molecule has 3 nitrogen and oxygen atoms in total. The molecule has 0 spiro atoms. The molecule has 1 aliphatic rings. The summed E-state index contributed by atoms with van der Waals surface area (Å²) in [5.74, 6) is -0.724. The summed E-state index contributed by atoms with van der Waals surface area (Å²) >= 11 is 1.76. The zero-order valence-corrected chi connectivity index (χ0v) is 46.8. The lowest BCUT2D eigenvalue weighted by Gasteiger charge is -2.36. The van der Waals surface area contributed by atoms with Gasteiger partial charge in [-0.05, 0) is 128 Å². The molecule has 0 radical (unpaired) electrons. The number of para-hydroxylation sites is 2. The molecule has 0 saturated heterocycles. The van der Waals surface area contributed by atoms with Crippen molar-refractivity contribution in [2.75, 3.05) is 9.80 Å². The highest BCUT2D eigenvalue weighted by Crippen LogP contribution is 2.65. The smallest absolute Gasteiger partial charge is 0.160 e. The van der Waals surface area contributed by atoms with Crippen LogP contribution in [0.4, 0.5) is 42.9 Å². The molecule has 2 aromatic heterocycles. The predicted octanol–water partition coefficient (Wildman–Crippen LogP) is 22.2. The Morgan fingerprint density at radius 1 is 0.398 bits per heavy atom. The Bertz CT molecular complexity index is 4740. The average Bonchev–Trinajstić information content (AvgIpc) is 3.05. The fourth-order valence-electron chi connectivity index (χ4n) is 13.0. The Morgan fingerprint density at radius 3 is 1.43 bits per heavy atom. The number of hydrogen-bond acceptors (Lipinski definition) is 4. The molecule has 12 aromatic carbocycles. The van der Waals surface area contributed by atoms with E-state index >= 15 is 8.78 Å². The summed E-state index contributed by atoms with van der Waals surface area (Å²) < 4.78 is 45.2. The number of anilines is 6. The largest absolute Gasteiger partial charge is 0.454 e. The Balaban J connectivity index is 1.11. The third kappa shape index (κ3) is 8.03. The zero-order valence-electron chi connectivity index (χ0n) is 45.9. The van der Waals surface area contributed by atoms with E-state index in [-0.39, 0.29) is 17.0 Å². The Hall–Kier alpha value is -9.88. The van der Waals surface area contributed by atoms with Crippen LogP contribution in [0, 0.1) is 11.6 Å². The van der Waals surface area contributed by atoms with E-state index in [4.69, 9.17) is 4.42 Å². The number of thiophene rings is 1. The van der Waals surface area contributed by atoms with Crippen molar-refractivity contribution in [2.45, 2.75) is 31.6 Å². The first-order valence-corrected chi connectivity index (χ1v) is 29.0. The van der Waals surface area contributed by atoms with Gasteiger partial charge in [-0.25, -0.2) is 8.78 Å². The van der Waals surface area contributed by atoms with E-state index in [9.17, 15) is 0 Å². The van der Waals surface area contributed by atoms with Gasteiger partial charge < -0.3 is 14.2 Å². The first kappa shape index (κ1) is 50.1. The van der Waals surface area contributed by atoms with Gasteiger partial charge in [0.2, 0.25) is 0 Å². The van der Waals surface area contributed by atoms with Crippen LogP contribution in [-0.4, -0.2) is 0 Å². The minimum absolute atomic E-state index is 0.123. The van der Waals surface area contributed by atoms with Gasteiger partial charge in [0.05, 0.1) is 28.2 Å². The van der Waals surface area contributed by atoms with E-state index in [1.807, 2.05) is 132 Å². The molecule has 0 saturated carbocycles. The maximum Gasteiger partial charge on any atom is 0.160 e. The maximum atomic E-state index is 18.0. The quantitative estimate of drug-likeness (QED) is 0.136. The van der Waals surface area contributed by atoms with Gasteiger partial charge in [-0.15, -0.1) is 11.3 Å². The maximum absolute atomic E-state index is 18.0. The van der Waals surface area contributed by atoms with Gasteiger partial charge >= 0.3 is 0 Å². The number of nitrogens with zero attached hydrogens (tertiary/aromatic N) is 2. The first-order valence-electron chi connectivity index (χ1n) is 28.2. The lowest BCUT2D eigenvalue weighted by molar-refractivity contribution is 0.590. The summed E-state index contributed by atoms with van der Waals surface area (Å²) in [6.07, 6.45) is 0. The third-order valence-corrected chi connectivity index (χ3v) is 18.0. The van der Waals surface area contributed by atoms with E-state index in [0.29, 0.717) is 28.2 Å². The van der Waals surface area contributed by atoms with Crippen LogP contribution in [0.2, 0.25) is 0 Å². The van der Waals surface area contributed by atoms with Crippen LogP contribution >= 0.6 is 11.3 Å².